The van der Waals surface area contributed by atoms with Crippen molar-refractivity contribution in [3.63, 3.8) is 0 Å². The number of carbonyl (C=O) groups is 1. The van der Waals surface area contributed by atoms with Crippen LogP contribution in [0.2, 0.25) is 0 Å². The average molecular weight is 368 g/mol. The van der Waals surface area contributed by atoms with Gasteiger partial charge >= 0.3 is 0 Å². The van der Waals surface area contributed by atoms with Crippen LogP contribution in [-0.4, -0.2) is 56.3 Å². The average Bonchev–Trinajstić information content (AvgIpc) is 2.62. The van der Waals surface area contributed by atoms with Gasteiger partial charge in [0.05, 0.1) is 4.90 Å². The Kier molecular flexibility index (Phi) is 6.24. The highest BCUT2D eigenvalue weighted by Gasteiger charge is 2.29. The second kappa shape index (κ2) is 7.85. The molecule has 1 aliphatic heterocycles. The Labute approximate surface area is 151 Å². The van der Waals surface area contributed by atoms with Crippen molar-refractivity contribution in [2.45, 2.75) is 39.0 Å². The van der Waals surface area contributed by atoms with Crippen LogP contribution in [0.25, 0.3) is 0 Å². The first-order valence-corrected chi connectivity index (χ1v) is 10.3. The van der Waals surface area contributed by atoms with Crippen LogP contribution in [0.4, 0.5) is 5.69 Å². The van der Waals surface area contributed by atoms with Crippen molar-refractivity contribution in [1.82, 2.24) is 9.21 Å². The lowest BCUT2D eigenvalue weighted by molar-refractivity contribution is -0.124. The molecule has 25 heavy (non-hydrogen) atoms. The molecule has 7 heteroatoms. The molecule has 0 aliphatic carbocycles. The maximum Gasteiger partial charge on any atom is 0.243 e. The molecule has 1 heterocycles. The fourth-order valence-corrected chi connectivity index (χ4v) is 4.10. The number of amides is 1. The second-order valence-corrected chi connectivity index (χ2v) is 9.00. The molecule has 0 aromatic heterocycles. The zero-order chi connectivity index (χ0) is 18.7. The number of sulfonamides is 1. The number of hydrogen-bond acceptors (Lipinski definition) is 4. The van der Waals surface area contributed by atoms with Gasteiger partial charge in [0, 0.05) is 37.3 Å². The predicted molar refractivity (Wildman–Crippen MR) is 100 cm³/mol. The Balaban J connectivity index is 2.16. The van der Waals surface area contributed by atoms with Gasteiger partial charge in [-0.15, -0.1) is 0 Å². The molecule has 1 aliphatic rings. The van der Waals surface area contributed by atoms with Crippen molar-refractivity contribution in [1.29, 1.82) is 0 Å². The van der Waals surface area contributed by atoms with Gasteiger partial charge < -0.3 is 10.2 Å². The van der Waals surface area contributed by atoms with Crippen LogP contribution in [-0.2, 0) is 14.8 Å². The van der Waals surface area contributed by atoms with Gasteiger partial charge in [0.15, 0.2) is 0 Å². The van der Waals surface area contributed by atoms with Crippen LogP contribution in [0, 0.1) is 5.41 Å². The Morgan fingerprint density at radius 1 is 1.16 bits per heavy atom. The molecule has 1 aromatic rings. The Bertz CT molecular complexity index is 708. The van der Waals surface area contributed by atoms with E-state index >= 15 is 0 Å². The summed E-state index contributed by atoms with van der Waals surface area (Å²) in [6.45, 7) is 11.2. The van der Waals surface area contributed by atoms with Crippen LogP contribution in [0.3, 0.4) is 0 Å². The number of carbonyl (C=O) groups excluding carboxylic acids is 1. The summed E-state index contributed by atoms with van der Waals surface area (Å²) in [6.07, 6.45) is 0.707. The van der Waals surface area contributed by atoms with Gasteiger partial charge in [-0.3, -0.25) is 4.79 Å². The molecule has 1 aromatic carbocycles. The quantitative estimate of drug-likeness (QED) is 0.838. The SMILES string of the molecule is CCN1CCN(S(=O)(=O)c2cccc(NC(=O)C(C)(C)CC)c2)CC1. The molecule has 0 radical (unpaired) electrons. The predicted octanol–water partition coefficient (Wildman–Crippen LogP) is 2.39. The Hall–Kier alpha value is -1.44. The van der Waals surface area contributed by atoms with Crippen LogP contribution in [0.5, 0.6) is 0 Å². The first-order chi connectivity index (χ1) is 11.7. The molecule has 6 nitrogen and oxygen atoms in total. The number of piperazine rings is 1. The molecule has 1 amide bonds. The lowest BCUT2D eigenvalue weighted by Crippen LogP contribution is -2.48. The first-order valence-electron chi connectivity index (χ1n) is 8.84. The van der Waals surface area contributed by atoms with Crippen LogP contribution in [0.15, 0.2) is 29.2 Å². The molecule has 2 rings (SSSR count). The number of likely N-dealkylation sites (N-methyl/N-ethyl adjacent to an activating group) is 1. The minimum atomic E-state index is -3.54. The smallest absolute Gasteiger partial charge is 0.243 e. The fourth-order valence-electron chi connectivity index (χ4n) is 2.63. The van der Waals surface area contributed by atoms with Crippen molar-refractivity contribution in [2.24, 2.45) is 5.41 Å². The van der Waals surface area contributed by atoms with E-state index in [0.717, 1.165) is 19.6 Å². The molecule has 1 fully saturated rings. The monoisotopic (exact) mass is 367 g/mol. The Morgan fingerprint density at radius 2 is 1.80 bits per heavy atom. The number of nitrogens with zero attached hydrogens (tertiary/aromatic N) is 2. The number of nitrogens with one attached hydrogen (secondary N) is 1. The van der Waals surface area contributed by atoms with E-state index in [1.165, 1.54) is 4.31 Å². The number of rotatable bonds is 6. The zero-order valence-corrected chi connectivity index (χ0v) is 16.4. The fraction of sp³-hybridized carbons (Fsp3) is 0.611. The van der Waals surface area contributed by atoms with Crippen molar-refractivity contribution < 1.29 is 13.2 Å². The molecular formula is C18H29N3O3S. The second-order valence-electron chi connectivity index (χ2n) is 7.06. The van der Waals surface area contributed by atoms with E-state index in [0.29, 0.717) is 25.2 Å². The number of hydrogen-bond donors (Lipinski definition) is 1. The summed E-state index contributed by atoms with van der Waals surface area (Å²) in [6, 6.07) is 6.52. The van der Waals surface area contributed by atoms with Crippen molar-refractivity contribution in [3.05, 3.63) is 24.3 Å². The van der Waals surface area contributed by atoms with Crippen molar-refractivity contribution in [3.8, 4) is 0 Å². The van der Waals surface area contributed by atoms with Crippen LogP contribution < -0.4 is 5.32 Å². The van der Waals surface area contributed by atoms with E-state index in [-0.39, 0.29) is 10.8 Å². The van der Waals surface area contributed by atoms with Gasteiger partial charge in [0.2, 0.25) is 15.9 Å². The van der Waals surface area contributed by atoms with Gasteiger partial charge in [0.1, 0.15) is 0 Å². The minimum absolute atomic E-state index is 0.110. The summed E-state index contributed by atoms with van der Waals surface area (Å²) >= 11 is 0. The van der Waals surface area contributed by atoms with E-state index < -0.39 is 15.4 Å². The van der Waals surface area contributed by atoms with E-state index in [2.05, 4.69) is 17.1 Å². The molecule has 0 unspecified atom stereocenters. The minimum Gasteiger partial charge on any atom is -0.326 e. The molecule has 1 saturated heterocycles. The highest BCUT2D eigenvalue weighted by molar-refractivity contribution is 7.89. The van der Waals surface area contributed by atoms with Gasteiger partial charge in [-0.05, 0) is 31.2 Å². The molecular weight excluding hydrogens is 338 g/mol. The Morgan fingerprint density at radius 3 is 2.36 bits per heavy atom. The third-order valence-electron chi connectivity index (χ3n) is 5.01. The van der Waals surface area contributed by atoms with Crippen molar-refractivity contribution in [2.75, 3.05) is 38.0 Å². The molecule has 0 bridgehead atoms. The summed E-state index contributed by atoms with van der Waals surface area (Å²) in [5.41, 5.74) is 0.0190. The third-order valence-corrected chi connectivity index (χ3v) is 6.90. The molecule has 0 spiro atoms. The highest BCUT2D eigenvalue weighted by Crippen LogP contribution is 2.25. The maximum absolute atomic E-state index is 12.9. The van der Waals surface area contributed by atoms with Gasteiger partial charge in [0.25, 0.3) is 0 Å². The molecule has 0 atom stereocenters. The van der Waals surface area contributed by atoms with Crippen molar-refractivity contribution >= 4 is 21.6 Å². The third kappa shape index (κ3) is 4.59. The van der Waals surface area contributed by atoms with Gasteiger partial charge in [-0.25, -0.2) is 8.42 Å². The summed E-state index contributed by atoms with van der Waals surface area (Å²) in [5, 5.41) is 2.83. The first kappa shape index (κ1) is 19.9. The van der Waals surface area contributed by atoms with Crippen LogP contribution in [0.1, 0.15) is 34.1 Å². The number of anilines is 1. The number of benzene rings is 1. The normalized spacial score (nSPS) is 17.4. The standard InChI is InChI=1S/C18H29N3O3S/c1-5-18(3,4)17(22)19-15-8-7-9-16(14-15)25(23,24)21-12-10-20(6-2)11-13-21/h7-9,14H,5-6,10-13H2,1-4H3,(H,19,22). The molecule has 140 valence electrons. The van der Waals surface area contributed by atoms with E-state index in [9.17, 15) is 13.2 Å². The molecule has 0 saturated carbocycles. The lowest BCUT2D eigenvalue weighted by Gasteiger charge is -2.33. The van der Waals surface area contributed by atoms with E-state index in [1.54, 1.807) is 24.3 Å². The maximum atomic E-state index is 12.9. The van der Waals surface area contributed by atoms with E-state index in [4.69, 9.17) is 0 Å². The summed E-state index contributed by atoms with van der Waals surface area (Å²) in [5.74, 6) is -0.110. The van der Waals surface area contributed by atoms with Gasteiger partial charge in [-0.2, -0.15) is 4.31 Å². The van der Waals surface area contributed by atoms with Crippen LogP contribution >= 0.6 is 0 Å². The topological polar surface area (TPSA) is 69.7 Å². The zero-order valence-electron chi connectivity index (χ0n) is 15.6. The lowest BCUT2D eigenvalue weighted by atomic mass is 9.89. The largest absolute Gasteiger partial charge is 0.326 e. The summed E-state index contributed by atoms with van der Waals surface area (Å²) in [7, 11) is -3.54. The summed E-state index contributed by atoms with van der Waals surface area (Å²) in [4.78, 5) is 14.8. The highest BCUT2D eigenvalue weighted by atomic mass is 32.2. The van der Waals surface area contributed by atoms with Gasteiger partial charge in [-0.1, -0.05) is 33.8 Å². The van der Waals surface area contributed by atoms with E-state index in [1.807, 2.05) is 20.8 Å². The molecule has 1 N–H and O–H groups in total. The summed E-state index contributed by atoms with van der Waals surface area (Å²) < 4.78 is 27.3.